The van der Waals surface area contributed by atoms with Gasteiger partial charge in [0.05, 0.1) is 12.5 Å². The third kappa shape index (κ3) is 3.35. The lowest BCUT2D eigenvalue weighted by atomic mass is 9.75. The summed E-state index contributed by atoms with van der Waals surface area (Å²) in [6, 6.07) is 0.0825. The SMILES string of the molecule is CC(C)NC1(CO)CCCC(C(F)(F)F)C1. The molecular weight excluding hydrogens is 219 g/mol. The van der Waals surface area contributed by atoms with Crippen LogP contribution in [0.2, 0.25) is 0 Å². The summed E-state index contributed by atoms with van der Waals surface area (Å²) in [5.74, 6) is -1.28. The Labute approximate surface area is 94.2 Å². The summed E-state index contributed by atoms with van der Waals surface area (Å²) in [6.07, 6.45) is -2.82. The van der Waals surface area contributed by atoms with Crippen LogP contribution in [-0.2, 0) is 0 Å². The molecule has 0 aromatic heterocycles. The molecule has 5 heteroatoms. The molecule has 0 aliphatic heterocycles. The van der Waals surface area contributed by atoms with E-state index >= 15 is 0 Å². The van der Waals surface area contributed by atoms with Gasteiger partial charge in [0.15, 0.2) is 0 Å². The Kier molecular flexibility index (Phi) is 4.23. The topological polar surface area (TPSA) is 32.3 Å². The number of hydrogen-bond acceptors (Lipinski definition) is 2. The highest BCUT2D eigenvalue weighted by atomic mass is 19.4. The van der Waals surface area contributed by atoms with Crippen molar-refractivity contribution in [3.63, 3.8) is 0 Å². The summed E-state index contributed by atoms with van der Waals surface area (Å²) in [5, 5.41) is 12.4. The minimum atomic E-state index is -4.14. The maximum Gasteiger partial charge on any atom is 0.391 e. The summed E-state index contributed by atoms with van der Waals surface area (Å²) < 4.78 is 37.9. The van der Waals surface area contributed by atoms with Gasteiger partial charge in [-0.05, 0) is 19.3 Å². The molecule has 1 rings (SSSR count). The molecule has 2 N–H and O–H groups in total. The van der Waals surface area contributed by atoms with Crippen molar-refractivity contribution in [1.82, 2.24) is 5.32 Å². The number of halogens is 3. The monoisotopic (exact) mass is 239 g/mol. The highest BCUT2D eigenvalue weighted by Gasteiger charge is 2.47. The van der Waals surface area contributed by atoms with Crippen LogP contribution in [0.25, 0.3) is 0 Å². The maximum atomic E-state index is 12.6. The molecule has 1 aliphatic carbocycles. The van der Waals surface area contributed by atoms with Gasteiger partial charge in [-0.1, -0.05) is 20.3 Å². The molecule has 1 fully saturated rings. The molecule has 2 unspecified atom stereocenters. The number of aliphatic hydroxyl groups is 1. The second-order valence-electron chi connectivity index (χ2n) is 5.07. The van der Waals surface area contributed by atoms with Gasteiger partial charge < -0.3 is 10.4 Å². The summed E-state index contributed by atoms with van der Waals surface area (Å²) in [7, 11) is 0. The van der Waals surface area contributed by atoms with Gasteiger partial charge in [0, 0.05) is 11.6 Å². The van der Waals surface area contributed by atoms with E-state index in [9.17, 15) is 18.3 Å². The Balaban J connectivity index is 2.72. The molecule has 0 spiro atoms. The van der Waals surface area contributed by atoms with Crippen LogP contribution in [0, 0.1) is 5.92 Å². The minimum Gasteiger partial charge on any atom is -0.394 e. The Bertz CT molecular complexity index is 230. The maximum absolute atomic E-state index is 12.6. The fraction of sp³-hybridized carbons (Fsp3) is 1.00. The summed E-state index contributed by atoms with van der Waals surface area (Å²) in [4.78, 5) is 0. The van der Waals surface area contributed by atoms with Crippen LogP contribution in [0.4, 0.5) is 13.2 Å². The van der Waals surface area contributed by atoms with Crippen LogP contribution in [0.15, 0.2) is 0 Å². The normalized spacial score (nSPS) is 32.1. The van der Waals surface area contributed by atoms with E-state index in [1.807, 2.05) is 13.8 Å². The Morgan fingerprint density at radius 1 is 1.44 bits per heavy atom. The molecule has 16 heavy (non-hydrogen) atoms. The molecule has 2 nitrogen and oxygen atoms in total. The average molecular weight is 239 g/mol. The van der Waals surface area contributed by atoms with Crippen molar-refractivity contribution in [2.75, 3.05) is 6.61 Å². The van der Waals surface area contributed by atoms with Gasteiger partial charge in [0.1, 0.15) is 0 Å². The van der Waals surface area contributed by atoms with E-state index in [4.69, 9.17) is 0 Å². The number of alkyl halides is 3. The number of rotatable bonds is 3. The van der Waals surface area contributed by atoms with E-state index in [2.05, 4.69) is 5.32 Å². The predicted octanol–water partition coefficient (Wildman–Crippen LogP) is 2.47. The van der Waals surface area contributed by atoms with E-state index in [-0.39, 0.29) is 25.5 Å². The van der Waals surface area contributed by atoms with E-state index in [1.165, 1.54) is 0 Å². The fourth-order valence-electron chi connectivity index (χ4n) is 2.57. The lowest BCUT2D eigenvalue weighted by molar-refractivity contribution is -0.190. The summed E-state index contributed by atoms with van der Waals surface area (Å²) >= 11 is 0. The molecule has 0 aromatic carbocycles. The Morgan fingerprint density at radius 3 is 2.50 bits per heavy atom. The average Bonchev–Trinajstić information content (AvgIpc) is 2.16. The standard InChI is InChI=1S/C11H20F3NO/c1-8(2)15-10(7-16)5-3-4-9(6-10)11(12,13)14/h8-9,15-16H,3-7H2,1-2H3. The third-order valence-electron chi connectivity index (χ3n) is 3.21. The quantitative estimate of drug-likeness (QED) is 0.793. The van der Waals surface area contributed by atoms with Crippen LogP contribution in [0.3, 0.4) is 0 Å². The first kappa shape index (κ1) is 13.8. The first-order chi connectivity index (χ1) is 7.29. The van der Waals surface area contributed by atoms with Gasteiger partial charge in [-0.25, -0.2) is 0 Å². The predicted molar refractivity (Wildman–Crippen MR) is 56.1 cm³/mol. The zero-order chi connectivity index (χ0) is 12.4. The van der Waals surface area contributed by atoms with Crippen LogP contribution >= 0.6 is 0 Å². The smallest absolute Gasteiger partial charge is 0.391 e. The molecule has 0 bridgehead atoms. The van der Waals surface area contributed by atoms with Crippen molar-refractivity contribution in [3.8, 4) is 0 Å². The van der Waals surface area contributed by atoms with E-state index < -0.39 is 17.6 Å². The molecule has 1 aliphatic rings. The number of nitrogens with one attached hydrogen (secondary N) is 1. The first-order valence-electron chi connectivity index (χ1n) is 5.74. The van der Waals surface area contributed by atoms with Crippen molar-refractivity contribution < 1.29 is 18.3 Å². The van der Waals surface area contributed by atoms with E-state index in [1.54, 1.807) is 0 Å². The number of hydrogen-bond donors (Lipinski definition) is 2. The fourth-order valence-corrected chi connectivity index (χ4v) is 2.57. The van der Waals surface area contributed by atoms with Gasteiger partial charge in [0.25, 0.3) is 0 Å². The lowest BCUT2D eigenvalue weighted by Crippen LogP contribution is -2.55. The molecule has 1 saturated carbocycles. The molecule has 0 aromatic rings. The largest absolute Gasteiger partial charge is 0.394 e. The molecular formula is C11H20F3NO. The molecule has 0 radical (unpaired) electrons. The summed E-state index contributed by atoms with van der Waals surface area (Å²) in [6.45, 7) is 3.54. The molecule has 96 valence electrons. The van der Waals surface area contributed by atoms with Gasteiger partial charge in [-0.3, -0.25) is 0 Å². The van der Waals surface area contributed by atoms with Crippen LogP contribution in [0.5, 0.6) is 0 Å². The van der Waals surface area contributed by atoms with Crippen LogP contribution in [0.1, 0.15) is 39.5 Å². The van der Waals surface area contributed by atoms with Crippen molar-refractivity contribution in [2.24, 2.45) is 5.92 Å². The first-order valence-corrected chi connectivity index (χ1v) is 5.74. The molecule has 2 atom stereocenters. The molecule has 0 saturated heterocycles. The van der Waals surface area contributed by atoms with E-state index in [0.717, 1.165) is 0 Å². The van der Waals surface area contributed by atoms with Crippen molar-refractivity contribution in [1.29, 1.82) is 0 Å². The van der Waals surface area contributed by atoms with Crippen molar-refractivity contribution >= 4 is 0 Å². The Hall–Kier alpha value is -0.290. The highest BCUT2D eigenvalue weighted by Crippen LogP contribution is 2.41. The Morgan fingerprint density at radius 2 is 2.06 bits per heavy atom. The van der Waals surface area contributed by atoms with Gasteiger partial charge in [0.2, 0.25) is 0 Å². The van der Waals surface area contributed by atoms with Gasteiger partial charge >= 0.3 is 6.18 Å². The van der Waals surface area contributed by atoms with Gasteiger partial charge in [-0.15, -0.1) is 0 Å². The highest BCUT2D eigenvalue weighted by molar-refractivity contribution is 4.95. The summed E-state index contributed by atoms with van der Waals surface area (Å²) in [5.41, 5.74) is -0.743. The van der Waals surface area contributed by atoms with Crippen LogP contribution in [-0.4, -0.2) is 29.5 Å². The second-order valence-corrected chi connectivity index (χ2v) is 5.07. The van der Waals surface area contributed by atoms with Crippen molar-refractivity contribution in [3.05, 3.63) is 0 Å². The zero-order valence-electron chi connectivity index (χ0n) is 9.77. The molecule has 0 heterocycles. The van der Waals surface area contributed by atoms with Crippen molar-refractivity contribution in [2.45, 2.75) is 57.3 Å². The van der Waals surface area contributed by atoms with Crippen LogP contribution < -0.4 is 5.32 Å². The second kappa shape index (κ2) is 4.92. The van der Waals surface area contributed by atoms with E-state index in [0.29, 0.717) is 12.8 Å². The van der Waals surface area contributed by atoms with Gasteiger partial charge in [-0.2, -0.15) is 13.2 Å². The zero-order valence-corrected chi connectivity index (χ0v) is 9.77. The molecule has 0 amide bonds. The minimum absolute atomic E-state index is 0.00875. The number of aliphatic hydroxyl groups excluding tert-OH is 1. The third-order valence-corrected chi connectivity index (χ3v) is 3.21. The lowest BCUT2D eigenvalue weighted by Gasteiger charge is -2.42.